The number of carbonyl (C=O) groups excluding carboxylic acids is 1. The van der Waals surface area contributed by atoms with Gasteiger partial charge in [-0.2, -0.15) is 4.72 Å². The average molecular weight is 712 g/mol. The summed E-state index contributed by atoms with van der Waals surface area (Å²) in [4.78, 5) is 16.2. The molecule has 9 nitrogen and oxygen atoms in total. The van der Waals surface area contributed by atoms with Crippen LogP contribution in [0.2, 0.25) is 0 Å². The molecule has 5 atom stereocenters. The Hall–Kier alpha value is -3.90. The van der Waals surface area contributed by atoms with Crippen molar-refractivity contribution in [2.75, 3.05) is 19.6 Å². The Morgan fingerprint density at radius 3 is 2.14 bits per heavy atom. The number of likely N-dealkylation sites (tertiary alicyclic amines) is 1. The van der Waals surface area contributed by atoms with Crippen molar-refractivity contribution in [3.05, 3.63) is 137 Å². The number of amides is 1. The molecule has 1 amide bonds. The van der Waals surface area contributed by atoms with E-state index in [0.717, 1.165) is 53.0 Å². The van der Waals surface area contributed by atoms with Gasteiger partial charge in [-0.25, -0.2) is 8.42 Å². The van der Waals surface area contributed by atoms with Crippen molar-refractivity contribution < 1.29 is 27.8 Å². The lowest BCUT2D eigenvalue weighted by molar-refractivity contribution is -0.276. The van der Waals surface area contributed by atoms with Crippen LogP contribution in [0.25, 0.3) is 0 Å². The van der Waals surface area contributed by atoms with Gasteiger partial charge in [0.05, 0.1) is 23.7 Å². The zero-order chi connectivity index (χ0) is 35.8. The molecule has 2 aliphatic rings. The predicted molar refractivity (Wildman–Crippen MR) is 197 cm³/mol. The van der Waals surface area contributed by atoms with Crippen LogP contribution in [0.4, 0.5) is 0 Å². The first-order chi connectivity index (χ1) is 24.7. The molecule has 0 saturated carbocycles. The van der Waals surface area contributed by atoms with Crippen LogP contribution >= 0.6 is 0 Å². The molecule has 0 bridgehead atoms. The molecule has 2 aliphatic heterocycles. The molecule has 270 valence electrons. The maximum atomic E-state index is 13.5. The fraction of sp³-hybridized carbons (Fsp3) is 0.390. The van der Waals surface area contributed by atoms with Crippen LogP contribution in [0.3, 0.4) is 0 Å². The molecular formula is C41H49N3O6S. The van der Waals surface area contributed by atoms with E-state index in [4.69, 9.17) is 9.47 Å². The first-order valence-corrected chi connectivity index (χ1v) is 19.4. The number of hydrogen-bond donors (Lipinski definition) is 3. The fourth-order valence-corrected chi connectivity index (χ4v) is 8.04. The lowest BCUT2D eigenvalue weighted by Crippen LogP contribution is -2.47. The highest BCUT2D eigenvalue weighted by Gasteiger charge is 2.39. The summed E-state index contributed by atoms with van der Waals surface area (Å²) in [5.74, 6) is -0.299. The van der Waals surface area contributed by atoms with Crippen molar-refractivity contribution in [2.45, 2.75) is 82.1 Å². The highest BCUT2D eigenvalue weighted by molar-refractivity contribution is 7.89. The van der Waals surface area contributed by atoms with E-state index < -0.39 is 28.3 Å². The van der Waals surface area contributed by atoms with Crippen LogP contribution in [0.5, 0.6) is 0 Å². The number of rotatable bonds is 13. The van der Waals surface area contributed by atoms with E-state index in [-0.39, 0.29) is 42.6 Å². The number of aliphatic hydroxyl groups is 1. The second kappa shape index (κ2) is 17.1. The molecule has 2 fully saturated rings. The normalized spacial score (nSPS) is 21.9. The summed E-state index contributed by atoms with van der Waals surface area (Å²) in [7, 11) is -3.94. The molecule has 10 heteroatoms. The minimum Gasteiger partial charge on any atom is -0.392 e. The second-order valence-electron chi connectivity index (χ2n) is 13.8. The van der Waals surface area contributed by atoms with Crippen LogP contribution < -0.4 is 10.0 Å². The summed E-state index contributed by atoms with van der Waals surface area (Å²) in [6, 6.07) is 30.7. The van der Waals surface area contributed by atoms with Crippen molar-refractivity contribution in [3.8, 4) is 0 Å². The lowest BCUT2D eigenvalue weighted by atomic mass is 9.89. The van der Waals surface area contributed by atoms with Crippen LogP contribution in [0.1, 0.15) is 72.0 Å². The Morgan fingerprint density at radius 1 is 0.824 bits per heavy atom. The summed E-state index contributed by atoms with van der Waals surface area (Å²) in [5.41, 5.74) is 5.44. The summed E-state index contributed by atoms with van der Waals surface area (Å²) in [5, 5.41) is 12.5. The SMILES string of the molecule is Cc1ccc(S(=O)(=O)N[C@H](Cc2ccccc2)C(=O)NCc2ccc([C@@H]3O[C@H](CN4CCCCC4)[C@H](C)[C@H](c4ccc(CO)cc4)O3)cc2)cc1. The number of nitrogens with one attached hydrogen (secondary N) is 2. The average Bonchev–Trinajstić information content (AvgIpc) is 3.15. The Balaban J connectivity index is 1.14. The topological polar surface area (TPSA) is 117 Å². The summed E-state index contributed by atoms with van der Waals surface area (Å²) < 4.78 is 42.5. The lowest BCUT2D eigenvalue weighted by Gasteiger charge is -2.43. The highest BCUT2D eigenvalue weighted by atomic mass is 32.2. The van der Waals surface area contributed by atoms with E-state index in [1.165, 1.54) is 19.3 Å². The summed E-state index contributed by atoms with van der Waals surface area (Å²) in [6.45, 7) is 7.29. The van der Waals surface area contributed by atoms with Gasteiger partial charge in [0.2, 0.25) is 15.9 Å². The van der Waals surface area contributed by atoms with E-state index in [2.05, 4.69) is 21.9 Å². The molecule has 51 heavy (non-hydrogen) atoms. The van der Waals surface area contributed by atoms with Crippen molar-refractivity contribution in [3.63, 3.8) is 0 Å². The fourth-order valence-electron chi connectivity index (χ4n) is 6.84. The van der Waals surface area contributed by atoms with Crippen molar-refractivity contribution in [1.29, 1.82) is 0 Å². The molecule has 0 unspecified atom stereocenters. The largest absolute Gasteiger partial charge is 0.392 e. The second-order valence-corrected chi connectivity index (χ2v) is 15.5. The van der Waals surface area contributed by atoms with Gasteiger partial charge in [-0.05, 0) is 73.7 Å². The first kappa shape index (κ1) is 36.9. The van der Waals surface area contributed by atoms with Gasteiger partial charge in [-0.3, -0.25) is 4.79 Å². The van der Waals surface area contributed by atoms with E-state index in [9.17, 15) is 18.3 Å². The summed E-state index contributed by atoms with van der Waals surface area (Å²) >= 11 is 0. The van der Waals surface area contributed by atoms with E-state index >= 15 is 0 Å². The van der Waals surface area contributed by atoms with Gasteiger partial charge < -0.3 is 24.8 Å². The minimum atomic E-state index is -3.94. The van der Waals surface area contributed by atoms with Crippen LogP contribution in [0.15, 0.2) is 108 Å². The third-order valence-corrected chi connectivity index (χ3v) is 11.4. The third-order valence-electron chi connectivity index (χ3n) is 9.96. The quantitative estimate of drug-likeness (QED) is 0.157. The Labute approximate surface area is 302 Å². The maximum Gasteiger partial charge on any atom is 0.241 e. The van der Waals surface area contributed by atoms with Gasteiger partial charge in [-0.1, -0.05) is 110 Å². The Morgan fingerprint density at radius 2 is 1.47 bits per heavy atom. The zero-order valence-corrected chi connectivity index (χ0v) is 30.2. The number of aryl methyl sites for hydroxylation is 1. The van der Waals surface area contributed by atoms with Crippen LogP contribution in [0, 0.1) is 12.8 Å². The Kier molecular flexibility index (Phi) is 12.3. The molecule has 0 radical (unpaired) electrons. The molecule has 3 N–H and O–H groups in total. The monoisotopic (exact) mass is 711 g/mol. The standard InChI is InChI=1S/C41H49N3O6S/c1-29-11-21-36(22-12-29)51(47,48)43-37(25-31-9-5-3-6-10-31)40(46)42-26-32-13-19-35(20-14-32)41-49-38(27-44-23-7-4-8-24-44)30(2)39(50-41)34-17-15-33(28-45)16-18-34/h3,5-6,9-22,30,37-39,41,43,45H,4,7-8,23-28H2,1-2H3,(H,42,46)/t30-,37+,38+,39+,41+/m0/s1. The molecule has 0 spiro atoms. The maximum absolute atomic E-state index is 13.5. The van der Waals surface area contributed by atoms with E-state index in [1.54, 1.807) is 24.3 Å². The van der Waals surface area contributed by atoms with Crippen LogP contribution in [-0.2, 0) is 43.9 Å². The number of benzene rings is 4. The van der Waals surface area contributed by atoms with E-state index in [1.807, 2.05) is 85.8 Å². The molecule has 2 heterocycles. The van der Waals surface area contributed by atoms with Gasteiger partial charge in [0.15, 0.2) is 6.29 Å². The number of nitrogens with zero attached hydrogens (tertiary/aromatic N) is 1. The Bertz CT molecular complexity index is 1810. The third kappa shape index (κ3) is 9.71. The molecule has 4 aromatic rings. The predicted octanol–water partition coefficient (Wildman–Crippen LogP) is 5.97. The van der Waals surface area contributed by atoms with Gasteiger partial charge in [0, 0.05) is 24.6 Å². The van der Waals surface area contributed by atoms with Crippen molar-refractivity contribution in [2.24, 2.45) is 5.92 Å². The minimum absolute atomic E-state index is 0.00575. The van der Waals surface area contributed by atoms with Crippen molar-refractivity contribution in [1.82, 2.24) is 14.9 Å². The molecule has 0 aromatic heterocycles. The number of ether oxygens (including phenoxy) is 2. The molecular weight excluding hydrogens is 663 g/mol. The van der Waals surface area contributed by atoms with Crippen LogP contribution in [-0.4, -0.2) is 56.1 Å². The van der Waals surface area contributed by atoms with Gasteiger partial charge in [0.25, 0.3) is 0 Å². The highest BCUT2D eigenvalue weighted by Crippen LogP contribution is 2.42. The number of carbonyl (C=O) groups is 1. The zero-order valence-electron chi connectivity index (χ0n) is 29.4. The number of hydrogen-bond acceptors (Lipinski definition) is 7. The number of piperidine rings is 1. The smallest absolute Gasteiger partial charge is 0.241 e. The molecule has 0 aliphatic carbocycles. The molecule has 6 rings (SSSR count). The first-order valence-electron chi connectivity index (χ1n) is 17.9. The van der Waals surface area contributed by atoms with Gasteiger partial charge in [-0.15, -0.1) is 0 Å². The van der Waals surface area contributed by atoms with Gasteiger partial charge in [0.1, 0.15) is 6.04 Å². The molecule has 2 saturated heterocycles. The molecule has 4 aromatic carbocycles. The number of sulfonamides is 1. The van der Waals surface area contributed by atoms with Gasteiger partial charge >= 0.3 is 0 Å². The number of aliphatic hydroxyl groups excluding tert-OH is 1. The summed E-state index contributed by atoms with van der Waals surface area (Å²) in [6.07, 6.45) is 3.09. The van der Waals surface area contributed by atoms with Crippen molar-refractivity contribution >= 4 is 15.9 Å². The van der Waals surface area contributed by atoms with E-state index in [0.29, 0.717) is 0 Å².